The first-order valence-electron chi connectivity index (χ1n) is 8.95. The minimum Gasteiger partial charge on any atom is -0.497 e. The standard InChI is InChI=1S/C23H19NO5/c1-26-17-7-9-19(10-8-17)28-18-5-3-16(4-6-18)24-23(25)22-14-15-13-20(27-2)11-12-21(15)29-22/h3-14H,1-2H3,(H,24,25). The largest absolute Gasteiger partial charge is 0.497 e. The van der Waals surface area contributed by atoms with Gasteiger partial charge >= 0.3 is 0 Å². The van der Waals surface area contributed by atoms with Crippen LogP contribution < -0.4 is 19.5 Å². The maximum absolute atomic E-state index is 12.5. The van der Waals surface area contributed by atoms with Gasteiger partial charge in [-0.15, -0.1) is 0 Å². The van der Waals surface area contributed by atoms with Gasteiger partial charge in [0.15, 0.2) is 5.76 Å². The fraction of sp³-hybridized carbons (Fsp3) is 0.0870. The van der Waals surface area contributed by atoms with Crippen LogP contribution in [0.3, 0.4) is 0 Å². The molecule has 146 valence electrons. The number of ether oxygens (including phenoxy) is 3. The van der Waals surface area contributed by atoms with Crippen molar-refractivity contribution < 1.29 is 23.4 Å². The highest BCUT2D eigenvalue weighted by Crippen LogP contribution is 2.27. The summed E-state index contributed by atoms with van der Waals surface area (Å²) in [5.74, 6) is 2.72. The van der Waals surface area contributed by atoms with E-state index >= 15 is 0 Å². The quantitative estimate of drug-likeness (QED) is 0.472. The van der Waals surface area contributed by atoms with E-state index in [2.05, 4.69) is 5.32 Å². The topological polar surface area (TPSA) is 69.9 Å². The van der Waals surface area contributed by atoms with Gasteiger partial charge in [-0.25, -0.2) is 0 Å². The summed E-state index contributed by atoms with van der Waals surface area (Å²) in [6.07, 6.45) is 0. The molecule has 29 heavy (non-hydrogen) atoms. The molecule has 1 heterocycles. The van der Waals surface area contributed by atoms with Gasteiger partial charge in [-0.2, -0.15) is 0 Å². The molecule has 0 atom stereocenters. The Morgan fingerprint density at radius 1 is 0.759 bits per heavy atom. The van der Waals surface area contributed by atoms with Crippen molar-refractivity contribution in [2.24, 2.45) is 0 Å². The zero-order valence-corrected chi connectivity index (χ0v) is 16.0. The number of hydrogen-bond donors (Lipinski definition) is 1. The molecule has 0 saturated heterocycles. The van der Waals surface area contributed by atoms with Gasteiger partial charge in [0, 0.05) is 11.1 Å². The number of anilines is 1. The lowest BCUT2D eigenvalue weighted by atomic mass is 10.2. The molecule has 6 heteroatoms. The van der Waals surface area contributed by atoms with E-state index in [0.29, 0.717) is 28.5 Å². The van der Waals surface area contributed by atoms with E-state index < -0.39 is 0 Å². The molecular weight excluding hydrogens is 370 g/mol. The number of hydrogen-bond acceptors (Lipinski definition) is 5. The molecule has 1 aromatic heterocycles. The molecule has 0 spiro atoms. The van der Waals surface area contributed by atoms with Gasteiger partial charge in [-0.05, 0) is 72.8 Å². The van der Waals surface area contributed by atoms with Gasteiger partial charge in [-0.3, -0.25) is 4.79 Å². The molecule has 4 rings (SSSR count). The lowest BCUT2D eigenvalue weighted by molar-refractivity contribution is 0.0998. The summed E-state index contributed by atoms with van der Waals surface area (Å²) in [6, 6.07) is 21.5. The van der Waals surface area contributed by atoms with Crippen molar-refractivity contribution in [1.29, 1.82) is 0 Å². The highest BCUT2D eigenvalue weighted by Gasteiger charge is 2.13. The Bertz CT molecular complexity index is 1130. The number of carbonyl (C=O) groups excluding carboxylic acids is 1. The normalized spacial score (nSPS) is 10.6. The number of furan rings is 1. The predicted molar refractivity (Wildman–Crippen MR) is 110 cm³/mol. The SMILES string of the molecule is COc1ccc(Oc2ccc(NC(=O)c3cc4cc(OC)ccc4o3)cc2)cc1. The van der Waals surface area contributed by atoms with Gasteiger partial charge in [0.05, 0.1) is 14.2 Å². The Labute approximate surface area is 167 Å². The first kappa shape index (κ1) is 18.4. The minimum absolute atomic E-state index is 0.229. The molecule has 1 N–H and O–H groups in total. The Morgan fingerprint density at radius 3 is 2.00 bits per heavy atom. The Kier molecular flexibility index (Phi) is 5.07. The van der Waals surface area contributed by atoms with Crippen molar-refractivity contribution in [3.8, 4) is 23.0 Å². The van der Waals surface area contributed by atoms with Crippen LogP contribution in [0, 0.1) is 0 Å². The van der Waals surface area contributed by atoms with E-state index in [9.17, 15) is 4.79 Å². The summed E-state index contributed by atoms with van der Waals surface area (Å²) >= 11 is 0. The number of fused-ring (bicyclic) bond motifs is 1. The molecule has 0 unspecified atom stereocenters. The van der Waals surface area contributed by atoms with Crippen molar-refractivity contribution in [2.45, 2.75) is 0 Å². The molecule has 0 aliphatic rings. The summed E-state index contributed by atoms with van der Waals surface area (Å²) in [5.41, 5.74) is 1.26. The number of methoxy groups -OCH3 is 2. The first-order valence-corrected chi connectivity index (χ1v) is 8.95. The number of amides is 1. The van der Waals surface area contributed by atoms with Crippen molar-refractivity contribution in [1.82, 2.24) is 0 Å². The van der Waals surface area contributed by atoms with Gasteiger partial charge in [0.2, 0.25) is 0 Å². The zero-order chi connectivity index (χ0) is 20.2. The second-order valence-electron chi connectivity index (χ2n) is 6.27. The second-order valence-corrected chi connectivity index (χ2v) is 6.27. The summed E-state index contributed by atoms with van der Waals surface area (Å²) in [6.45, 7) is 0. The maximum Gasteiger partial charge on any atom is 0.291 e. The van der Waals surface area contributed by atoms with Gasteiger partial charge < -0.3 is 23.9 Å². The molecule has 0 radical (unpaired) electrons. The lowest BCUT2D eigenvalue weighted by Gasteiger charge is -2.08. The van der Waals surface area contributed by atoms with Crippen molar-refractivity contribution >= 4 is 22.6 Å². The highest BCUT2D eigenvalue weighted by atomic mass is 16.5. The number of nitrogens with one attached hydrogen (secondary N) is 1. The third-order valence-electron chi connectivity index (χ3n) is 4.35. The first-order chi connectivity index (χ1) is 14.1. The summed E-state index contributed by atoms with van der Waals surface area (Å²) < 4.78 is 21.7. The molecule has 3 aromatic carbocycles. The van der Waals surface area contributed by atoms with Gasteiger partial charge in [-0.1, -0.05) is 0 Å². The van der Waals surface area contributed by atoms with Crippen LogP contribution in [0.4, 0.5) is 5.69 Å². The summed E-state index contributed by atoms with van der Waals surface area (Å²) in [7, 11) is 3.21. The molecule has 0 saturated carbocycles. The van der Waals surface area contributed by atoms with Crippen LogP contribution in [-0.2, 0) is 0 Å². The predicted octanol–water partition coefficient (Wildman–Crippen LogP) is 5.49. The number of carbonyl (C=O) groups is 1. The van der Waals surface area contributed by atoms with Crippen LogP contribution in [0.2, 0.25) is 0 Å². The van der Waals surface area contributed by atoms with Crippen LogP contribution in [0.15, 0.2) is 77.2 Å². The molecular formula is C23H19NO5. The van der Waals surface area contributed by atoms with Gasteiger partial charge in [0.1, 0.15) is 28.6 Å². The lowest BCUT2D eigenvalue weighted by Crippen LogP contribution is -2.10. The van der Waals surface area contributed by atoms with E-state index in [-0.39, 0.29) is 11.7 Å². The number of rotatable bonds is 6. The number of benzene rings is 3. The molecule has 0 fully saturated rings. The Hall–Kier alpha value is -3.93. The summed E-state index contributed by atoms with van der Waals surface area (Å²) in [4.78, 5) is 12.5. The average Bonchev–Trinajstić information content (AvgIpc) is 3.19. The monoisotopic (exact) mass is 389 g/mol. The maximum atomic E-state index is 12.5. The molecule has 4 aromatic rings. The minimum atomic E-state index is -0.330. The van der Waals surface area contributed by atoms with Crippen LogP contribution >= 0.6 is 0 Å². The van der Waals surface area contributed by atoms with E-state index in [4.69, 9.17) is 18.6 Å². The van der Waals surface area contributed by atoms with Crippen molar-refractivity contribution in [2.75, 3.05) is 19.5 Å². The molecule has 6 nitrogen and oxygen atoms in total. The highest BCUT2D eigenvalue weighted by molar-refractivity contribution is 6.04. The third-order valence-corrected chi connectivity index (χ3v) is 4.35. The molecule has 0 aliphatic heterocycles. The fourth-order valence-corrected chi connectivity index (χ4v) is 2.84. The van der Waals surface area contributed by atoms with Crippen molar-refractivity contribution in [3.05, 3.63) is 78.6 Å². The van der Waals surface area contributed by atoms with Crippen LogP contribution in [-0.4, -0.2) is 20.1 Å². The smallest absolute Gasteiger partial charge is 0.291 e. The van der Waals surface area contributed by atoms with E-state index in [1.807, 2.05) is 30.3 Å². The van der Waals surface area contributed by atoms with E-state index in [1.54, 1.807) is 56.7 Å². The Morgan fingerprint density at radius 2 is 1.34 bits per heavy atom. The van der Waals surface area contributed by atoms with Crippen LogP contribution in [0.5, 0.6) is 23.0 Å². The average molecular weight is 389 g/mol. The van der Waals surface area contributed by atoms with Gasteiger partial charge in [0.25, 0.3) is 5.91 Å². The van der Waals surface area contributed by atoms with Crippen LogP contribution in [0.25, 0.3) is 11.0 Å². The van der Waals surface area contributed by atoms with Crippen LogP contribution in [0.1, 0.15) is 10.6 Å². The second kappa shape index (κ2) is 7.98. The van der Waals surface area contributed by atoms with E-state index in [1.165, 1.54) is 0 Å². The van der Waals surface area contributed by atoms with E-state index in [0.717, 1.165) is 11.1 Å². The van der Waals surface area contributed by atoms with Crippen molar-refractivity contribution in [3.63, 3.8) is 0 Å². The summed E-state index contributed by atoms with van der Waals surface area (Å²) in [5, 5.41) is 3.62. The fourth-order valence-electron chi connectivity index (χ4n) is 2.84. The molecule has 0 aliphatic carbocycles. The molecule has 0 bridgehead atoms. The zero-order valence-electron chi connectivity index (χ0n) is 16.0. The Balaban J connectivity index is 1.43. The third kappa shape index (κ3) is 4.16. The molecule has 1 amide bonds.